The second-order valence-corrected chi connectivity index (χ2v) is 7.35. The Kier molecular flexibility index (Phi) is 3.24. The lowest BCUT2D eigenvalue weighted by molar-refractivity contribution is 0.641. The molecule has 1 unspecified atom stereocenters. The van der Waals surface area contributed by atoms with Gasteiger partial charge in [-0.25, -0.2) is 4.98 Å². The molecule has 2 N–H and O–H groups in total. The van der Waals surface area contributed by atoms with Gasteiger partial charge >= 0.3 is 0 Å². The van der Waals surface area contributed by atoms with E-state index in [4.69, 9.17) is 5.73 Å². The van der Waals surface area contributed by atoms with Crippen molar-refractivity contribution in [2.75, 3.05) is 0 Å². The first-order valence-electron chi connectivity index (χ1n) is 7.16. The van der Waals surface area contributed by atoms with E-state index < -0.39 is 0 Å². The molecule has 1 saturated carbocycles. The molecule has 0 amide bonds. The third kappa shape index (κ3) is 2.27. The van der Waals surface area contributed by atoms with Crippen LogP contribution in [0.2, 0.25) is 0 Å². The Labute approximate surface area is 130 Å². The van der Waals surface area contributed by atoms with Crippen molar-refractivity contribution in [3.63, 3.8) is 0 Å². The molecular formula is C13H16N6S2. The van der Waals surface area contributed by atoms with Crippen molar-refractivity contribution in [1.82, 2.24) is 24.8 Å². The van der Waals surface area contributed by atoms with E-state index in [1.165, 1.54) is 37.0 Å². The number of thiazole rings is 1. The van der Waals surface area contributed by atoms with Crippen LogP contribution in [0.1, 0.15) is 55.4 Å². The highest BCUT2D eigenvalue weighted by Crippen LogP contribution is 2.35. The van der Waals surface area contributed by atoms with Gasteiger partial charge in [0.15, 0.2) is 10.8 Å². The number of rotatable bonds is 3. The van der Waals surface area contributed by atoms with Crippen molar-refractivity contribution in [2.45, 2.75) is 44.6 Å². The molecule has 1 aliphatic carbocycles. The molecule has 0 spiro atoms. The van der Waals surface area contributed by atoms with Crippen LogP contribution in [0.5, 0.6) is 0 Å². The minimum atomic E-state index is -0.0384. The summed E-state index contributed by atoms with van der Waals surface area (Å²) in [7, 11) is 0. The molecule has 1 atom stereocenters. The van der Waals surface area contributed by atoms with Crippen molar-refractivity contribution in [1.29, 1.82) is 0 Å². The average Bonchev–Trinajstić information content (AvgIpc) is 3.21. The van der Waals surface area contributed by atoms with Gasteiger partial charge in [0.05, 0.1) is 6.04 Å². The van der Waals surface area contributed by atoms with Crippen LogP contribution < -0.4 is 5.73 Å². The van der Waals surface area contributed by atoms with Gasteiger partial charge in [0.1, 0.15) is 10.7 Å². The lowest BCUT2D eigenvalue weighted by Gasteiger charge is -2.03. The average molecular weight is 320 g/mol. The summed E-state index contributed by atoms with van der Waals surface area (Å²) < 4.78 is 1.90. The van der Waals surface area contributed by atoms with Gasteiger partial charge in [0.2, 0.25) is 4.96 Å². The minimum absolute atomic E-state index is 0.0384. The molecule has 6 nitrogen and oxygen atoms in total. The molecule has 1 aliphatic rings. The first-order valence-corrected chi connectivity index (χ1v) is 8.85. The predicted octanol–water partition coefficient (Wildman–Crippen LogP) is 2.99. The third-order valence-corrected chi connectivity index (χ3v) is 5.83. The van der Waals surface area contributed by atoms with Gasteiger partial charge in [-0.2, -0.15) is 9.61 Å². The Morgan fingerprint density at radius 2 is 2.14 bits per heavy atom. The van der Waals surface area contributed by atoms with Gasteiger partial charge in [-0.15, -0.1) is 21.5 Å². The van der Waals surface area contributed by atoms with Crippen LogP contribution in [0.4, 0.5) is 0 Å². The zero-order valence-electron chi connectivity index (χ0n) is 11.7. The lowest BCUT2D eigenvalue weighted by atomic mass is 10.1. The Hall–Kier alpha value is -1.38. The summed E-state index contributed by atoms with van der Waals surface area (Å²) in [4.78, 5) is 5.41. The summed E-state index contributed by atoms with van der Waals surface area (Å²) in [5.74, 6) is 1.51. The van der Waals surface area contributed by atoms with Crippen LogP contribution >= 0.6 is 22.7 Å². The fraction of sp³-hybridized carbons (Fsp3) is 0.538. The molecule has 110 valence electrons. The Balaban J connectivity index is 1.73. The van der Waals surface area contributed by atoms with Crippen LogP contribution in [0.3, 0.4) is 0 Å². The number of nitrogens with two attached hydrogens (primary N) is 1. The van der Waals surface area contributed by atoms with Gasteiger partial charge in [-0.05, 0) is 19.8 Å². The highest BCUT2D eigenvalue weighted by molar-refractivity contribution is 7.20. The SMILES string of the molecule is CC(N)c1nc(-c2nn3c(C4CCCC4)nnc3s2)cs1. The van der Waals surface area contributed by atoms with E-state index in [1.807, 2.05) is 16.8 Å². The van der Waals surface area contributed by atoms with E-state index in [0.717, 1.165) is 26.5 Å². The summed E-state index contributed by atoms with van der Waals surface area (Å²) in [6.45, 7) is 1.94. The lowest BCUT2D eigenvalue weighted by Crippen LogP contribution is -2.04. The van der Waals surface area contributed by atoms with Gasteiger partial charge in [-0.1, -0.05) is 24.2 Å². The molecule has 3 heterocycles. The van der Waals surface area contributed by atoms with Crippen LogP contribution in [0.15, 0.2) is 5.38 Å². The second kappa shape index (κ2) is 5.11. The zero-order valence-corrected chi connectivity index (χ0v) is 13.3. The quantitative estimate of drug-likeness (QED) is 0.802. The fourth-order valence-corrected chi connectivity index (χ4v) is 4.41. The van der Waals surface area contributed by atoms with Crippen LogP contribution in [0.25, 0.3) is 15.7 Å². The molecule has 1 fully saturated rings. The molecule has 21 heavy (non-hydrogen) atoms. The Morgan fingerprint density at radius 3 is 2.86 bits per heavy atom. The first kappa shape index (κ1) is 13.3. The van der Waals surface area contributed by atoms with Gasteiger partial charge < -0.3 is 5.73 Å². The van der Waals surface area contributed by atoms with E-state index in [-0.39, 0.29) is 6.04 Å². The Bertz CT molecular complexity index is 765. The molecule has 4 rings (SSSR count). The highest BCUT2D eigenvalue weighted by Gasteiger charge is 2.24. The molecular weight excluding hydrogens is 304 g/mol. The van der Waals surface area contributed by atoms with Crippen molar-refractivity contribution in [2.24, 2.45) is 5.73 Å². The van der Waals surface area contributed by atoms with Crippen molar-refractivity contribution in [3.8, 4) is 10.7 Å². The standard InChI is InChI=1S/C13H16N6S2/c1-7(14)11-15-9(6-20-11)12-18-19-10(8-4-2-3-5-8)16-17-13(19)21-12/h6-8H,2-5,14H2,1H3. The van der Waals surface area contributed by atoms with E-state index in [2.05, 4.69) is 20.3 Å². The summed E-state index contributed by atoms with van der Waals surface area (Å²) in [5, 5.41) is 17.1. The largest absolute Gasteiger partial charge is 0.322 e. The molecule has 3 aromatic heterocycles. The molecule has 0 bridgehead atoms. The van der Waals surface area contributed by atoms with Crippen molar-refractivity contribution >= 4 is 27.6 Å². The van der Waals surface area contributed by atoms with Gasteiger partial charge in [-0.3, -0.25) is 0 Å². The number of hydrogen-bond donors (Lipinski definition) is 1. The third-order valence-electron chi connectivity index (χ3n) is 3.87. The van der Waals surface area contributed by atoms with E-state index >= 15 is 0 Å². The zero-order chi connectivity index (χ0) is 14.4. The molecule has 0 aliphatic heterocycles. The normalized spacial score (nSPS) is 17.8. The molecule has 3 aromatic rings. The number of nitrogens with zero attached hydrogens (tertiary/aromatic N) is 5. The minimum Gasteiger partial charge on any atom is -0.322 e. The van der Waals surface area contributed by atoms with E-state index in [9.17, 15) is 0 Å². The summed E-state index contributed by atoms with van der Waals surface area (Å²) in [5.41, 5.74) is 6.76. The molecule has 0 radical (unpaired) electrons. The predicted molar refractivity (Wildman–Crippen MR) is 83.6 cm³/mol. The van der Waals surface area contributed by atoms with Gasteiger partial charge in [0, 0.05) is 11.3 Å². The molecule has 8 heteroatoms. The number of fused-ring (bicyclic) bond motifs is 1. The van der Waals surface area contributed by atoms with E-state index in [1.54, 1.807) is 11.3 Å². The van der Waals surface area contributed by atoms with Crippen molar-refractivity contribution < 1.29 is 0 Å². The highest BCUT2D eigenvalue weighted by atomic mass is 32.1. The Morgan fingerprint density at radius 1 is 1.33 bits per heavy atom. The fourth-order valence-electron chi connectivity index (χ4n) is 2.77. The summed E-state index contributed by atoms with van der Waals surface area (Å²) in [6, 6.07) is -0.0384. The first-order chi connectivity index (χ1) is 10.2. The number of aromatic nitrogens is 5. The van der Waals surface area contributed by atoms with E-state index in [0.29, 0.717) is 5.92 Å². The smallest absolute Gasteiger partial charge is 0.235 e. The maximum atomic E-state index is 5.87. The molecule has 0 saturated heterocycles. The molecule has 0 aromatic carbocycles. The van der Waals surface area contributed by atoms with Crippen LogP contribution in [-0.2, 0) is 0 Å². The maximum absolute atomic E-state index is 5.87. The summed E-state index contributed by atoms with van der Waals surface area (Å²) >= 11 is 3.12. The maximum Gasteiger partial charge on any atom is 0.235 e. The topological polar surface area (TPSA) is 82.0 Å². The van der Waals surface area contributed by atoms with Crippen LogP contribution in [-0.4, -0.2) is 24.8 Å². The van der Waals surface area contributed by atoms with Crippen molar-refractivity contribution in [3.05, 3.63) is 16.2 Å². The monoisotopic (exact) mass is 320 g/mol. The summed E-state index contributed by atoms with van der Waals surface area (Å²) in [6.07, 6.45) is 4.94. The van der Waals surface area contributed by atoms with Gasteiger partial charge in [0.25, 0.3) is 0 Å². The number of hydrogen-bond acceptors (Lipinski definition) is 7. The second-order valence-electron chi connectivity index (χ2n) is 5.50. The van der Waals surface area contributed by atoms with Crippen LogP contribution in [0, 0.1) is 0 Å².